The van der Waals surface area contributed by atoms with Crippen molar-refractivity contribution < 1.29 is 0 Å². The standard InChI is InChI=1S/C26H20N2/c1-3-7-20(8-4-1)21-11-14-23(15-12-21)27-24-16-13-22-17-18-28(26(22)19-24)25-9-5-2-6-10-25/h1-19,27H. The second kappa shape index (κ2) is 7.09. The van der Waals surface area contributed by atoms with E-state index in [1.165, 1.54) is 27.7 Å². The smallest absolute Gasteiger partial charge is 0.0549 e. The van der Waals surface area contributed by atoms with E-state index in [1.807, 2.05) is 12.1 Å². The van der Waals surface area contributed by atoms with Gasteiger partial charge in [0.2, 0.25) is 0 Å². The minimum atomic E-state index is 1.08. The second-order valence-corrected chi connectivity index (χ2v) is 6.86. The Morgan fingerprint density at radius 3 is 1.93 bits per heavy atom. The molecule has 0 atom stereocenters. The molecule has 2 heteroatoms. The van der Waals surface area contributed by atoms with Gasteiger partial charge in [-0.1, -0.05) is 66.7 Å². The lowest BCUT2D eigenvalue weighted by Gasteiger charge is -2.10. The molecular weight excluding hydrogens is 340 g/mol. The molecule has 0 aliphatic carbocycles. The molecule has 1 aromatic heterocycles. The maximum atomic E-state index is 3.53. The molecule has 1 heterocycles. The average Bonchev–Trinajstić information content (AvgIpc) is 3.19. The molecule has 1 N–H and O–H groups in total. The number of para-hydroxylation sites is 1. The van der Waals surface area contributed by atoms with Crippen LogP contribution < -0.4 is 5.32 Å². The molecule has 5 aromatic rings. The van der Waals surface area contributed by atoms with Gasteiger partial charge in [-0.15, -0.1) is 0 Å². The Bertz CT molecular complexity index is 1200. The summed E-state index contributed by atoms with van der Waals surface area (Å²) in [4.78, 5) is 0. The molecule has 0 radical (unpaired) electrons. The highest BCUT2D eigenvalue weighted by atomic mass is 15.0. The first-order chi connectivity index (χ1) is 13.9. The van der Waals surface area contributed by atoms with Crippen molar-refractivity contribution in [3.05, 3.63) is 115 Å². The first kappa shape index (κ1) is 16.4. The van der Waals surface area contributed by atoms with Crippen LogP contribution in [0.3, 0.4) is 0 Å². The fraction of sp³-hybridized carbons (Fsp3) is 0. The van der Waals surface area contributed by atoms with Crippen LogP contribution in [0.25, 0.3) is 27.7 Å². The maximum Gasteiger partial charge on any atom is 0.0549 e. The number of hydrogen-bond donors (Lipinski definition) is 1. The SMILES string of the molecule is c1ccc(-c2ccc(Nc3ccc4ccn(-c5ccccc5)c4c3)cc2)cc1. The number of anilines is 2. The van der Waals surface area contributed by atoms with Crippen molar-refractivity contribution in [2.75, 3.05) is 5.32 Å². The number of nitrogens with one attached hydrogen (secondary N) is 1. The Hall–Kier alpha value is -3.78. The molecule has 0 bridgehead atoms. The van der Waals surface area contributed by atoms with Gasteiger partial charge in [0, 0.05) is 28.6 Å². The van der Waals surface area contributed by atoms with Crippen molar-refractivity contribution in [2.45, 2.75) is 0 Å². The van der Waals surface area contributed by atoms with Crippen LogP contribution in [0.15, 0.2) is 115 Å². The minimum Gasteiger partial charge on any atom is -0.355 e. The molecule has 0 amide bonds. The fourth-order valence-corrected chi connectivity index (χ4v) is 3.56. The Morgan fingerprint density at radius 2 is 1.18 bits per heavy atom. The van der Waals surface area contributed by atoms with Crippen molar-refractivity contribution in [3.8, 4) is 16.8 Å². The Morgan fingerprint density at radius 1 is 0.536 bits per heavy atom. The molecule has 0 unspecified atom stereocenters. The number of benzene rings is 4. The van der Waals surface area contributed by atoms with E-state index in [-0.39, 0.29) is 0 Å². The number of fused-ring (bicyclic) bond motifs is 1. The van der Waals surface area contributed by atoms with Crippen molar-refractivity contribution in [1.82, 2.24) is 4.57 Å². The van der Waals surface area contributed by atoms with Gasteiger partial charge in [0.25, 0.3) is 0 Å². The summed E-state index contributed by atoms with van der Waals surface area (Å²) in [6.45, 7) is 0. The topological polar surface area (TPSA) is 17.0 Å². The van der Waals surface area contributed by atoms with Gasteiger partial charge in [-0.25, -0.2) is 0 Å². The van der Waals surface area contributed by atoms with Gasteiger partial charge >= 0.3 is 0 Å². The van der Waals surface area contributed by atoms with Crippen LogP contribution in [0.4, 0.5) is 11.4 Å². The molecule has 0 aliphatic rings. The van der Waals surface area contributed by atoms with Crippen LogP contribution in [0, 0.1) is 0 Å². The summed E-state index contributed by atoms with van der Waals surface area (Å²) < 4.78 is 2.22. The number of aromatic nitrogens is 1. The van der Waals surface area contributed by atoms with E-state index in [0.29, 0.717) is 0 Å². The van der Waals surface area contributed by atoms with Crippen LogP contribution in [0.1, 0.15) is 0 Å². The van der Waals surface area contributed by atoms with E-state index in [1.54, 1.807) is 0 Å². The quantitative estimate of drug-likeness (QED) is 0.364. The first-order valence-electron chi connectivity index (χ1n) is 9.46. The Labute approximate surface area is 164 Å². The predicted octanol–water partition coefficient (Wildman–Crippen LogP) is 7.04. The van der Waals surface area contributed by atoms with E-state index in [2.05, 4.69) is 113 Å². The third-order valence-electron chi connectivity index (χ3n) is 5.01. The van der Waals surface area contributed by atoms with E-state index in [4.69, 9.17) is 0 Å². The van der Waals surface area contributed by atoms with Gasteiger partial charge in [-0.2, -0.15) is 0 Å². The maximum absolute atomic E-state index is 3.53. The molecular formula is C26H20N2. The van der Waals surface area contributed by atoms with E-state index < -0.39 is 0 Å². The minimum absolute atomic E-state index is 1.08. The summed E-state index contributed by atoms with van der Waals surface area (Å²) in [5, 5.41) is 4.76. The van der Waals surface area contributed by atoms with E-state index >= 15 is 0 Å². The van der Waals surface area contributed by atoms with Crippen LogP contribution in [-0.4, -0.2) is 4.57 Å². The molecule has 5 rings (SSSR count). The zero-order valence-corrected chi connectivity index (χ0v) is 15.4. The number of hydrogen-bond acceptors (Lipinski definition) is 1. The van der Waals surface area contributed by atoms with Crippen LogP contribution in [0.5, 0.6) is 0 Å². The molecule has 0 aliphatic heterocycles. The largest absolute Gasteiger partial charge is 0.355 e. The summed E-state index contributed by atoms with van der Waals surface area (Å²) in [6.07, 6.45) is 2.12. The van der Waals surface area contributed by atoms with Gasteiger partial charge in [-0.05, 0) is 53.6 Å². The normalized spacial score (nSPS) is 10.9. The third kappa shape index (κ3) is 3.17. The van der Waals surface area contributed by atoms with Crippen LogP contribution >= 0.6 is 0 Å². The van der Waals surface area contributed by atoms with Crippen molar-refractivity contribution in [3.63, 3.8) is 0 Å². The molecule has 0 spiro atoms. The van der Waals surface area contributed by atoms with E-state index in [0.717, 1.165) is 11.4 Å². The van der Waals surface area contributed by atoms with Gasteiger partial charge in [-0.3, -0.25) is 0 Å². The van der Waals surface area contributed by atoms with E-state index in [9.17, 15) is 0 Å². The lowest BCUT2D eigenvalue weighted by atomic mass is 10.1. The van der Waals surface area contributed by atoms with Crippen molar-refractivity contribution in [1.29, 1.82) is 0 Å². The fourth-order valence-electron chi connectivity index (χ4n) is 3.56. The van der Waals surface area contributed by atoms with Crippen molar-refractivity contribution in [2.24, 2.45) is 0 Å². The highest BCUT2D eigenvalue weighted by molar-refractivity contribution is 5.86. The molecule has 134 valence electrons. The molecule has 0 saturated carbocycles. The van der Waals surface area contributed by atoms with Crippen molar-refractivity contribution >= 4 is 22.3 Å². The Balaban J connectivity index is 1.44. The van der Waals surface area contributed by atoms with Gasteiger partial charge in [0.15, 0.2) is 0 Å². The second-order valence-electron chi connectivity index (χ2n) is 6.86. The lowest BCUT2D eigenvalue weighted by molar-refractivity contribution is 1.13. The van der Waals surface area contributed by atoms with Gasteiger partial charge in [0.1, 0.15) is 0 Å². The number of nitrogens with zero attached hydrogens (tertiary/aromatic N) is 1. The molecule has 28 heavy (non-hydrogen) atoms. The summed E-state index contributed by atoms with van der Waals surface area (Å²) in [6, 6.07) is 38.1. The number of rotatable bonds is 4. The molecule has 0 saturated heterocycles. The molecule has 2 nitrogen and oxygen atoms in total. The van der Waals surface area contributed by atoms with Crippen LogP contribution in [-0.2, 0) is 0 Å². The molecule has 0 fully saturated rings. The lowest BCUT2D eigenvalue weighted by Crippen LogP contribution is -1.93. The molecule has 4 aromatic carbocycles. The summed E-state index contributed by atoms with van der Waals surface area (Å²) in [7, 11) is 0. The van der Waals surface area contributed by atoms with Crippen LogP contribution in [0.2, 0.25) is 0 Å². The predicted molar refractivity (Wildman–Crippen MR) is 118 cm³/mol. The average molecular weight is 360 g/mol. The summed E-state index contributed by atoms with van der Waals surface area (Å²) >= 11 is 0. The summed E-state index contributed by atoms with van der Waals surface area (Å²) in [5.74, 6) is 0. The van der Waals surface area contributed by atoms with Gasteiger partial charge in [0.05, 0.1) is 5.52 Å². The highest BCUT2D eigenvalue weighted by Crippen LogP contribution is 2.27. The zero-order valence-electron chi connectivity index (χ0n) is 15.4. The Kier molecular flexibility index (Phi) is 4.15. The monoisotopic (exact) mass is 360 g/mol. The first-order valence-corrected chi connectivity index (χ1v) is 9.46. The zero-order chi connectivity index (χ0) is 18.8. The highest BCUT2D eigenvalue weighted by Gasteiger charge is 2.05. The third-order valence-corrected chi connectivity index (χ3v) is 5.01. The summed E-state index contributed by atoms with van der Waals surface area (Å²) in [5.41, 5.74) is 6.97. The van der Waals surface area contributed by atoms with Gasteiger partial charge < -0.3 is 9.88 Å².